The second-order valence-corrected chi connectivity index (χ2v) is 12.2. The fraction of sp³-hybridized carbons (Fsp3) is 0.429. The summed E-state index contributed by atoms with van der Waals surface area (Å²) in [4.78, 5) is 8.82. The molecule has 0 atom stereocenters. The van der Waals surface area contributed by atoms with Crippen LogP contribution >= 0.6 is 12.2 Å². The van der Waals surface area contributed by atoms with E-state index < -0.39 is 15.7 Å². The smallest absolute Gasteiger partial charge is 0.228 e. The van der Waals surface area contributed by atoms with Crippen LogP contribution in [0.3, 0.4) is 0 Å². The summed E-state index contributed by atoms with van der Waals surface area (Å²) in [6, 6.07) is 15.4. The summed E-state index contributed by atoms with van der Waals surface area (Å²) in [7, 11) is -3.82. The molecule has 39 heavy (non-hydrogen) atoms. The predicted molar refractivity (Wildman–Crippen MR) is 154 cm³/mol. The summed E-state index contributed by atoms with van der Waals surface area (Å²) >= 11 is 5.76. The van der Waals surface area contributed by atoms with Gasteiger partial charge in [-0.15, -0.1) is 0 Å². The van der Waals surface area contributed by atoms with Gasteiger partial charge in [0.15, 0.2) is 5.11 Å². The fourth-order valence-electron chi connectivity index (χ4n) is 4.44. The predicted octanol–water partition coefficient (Wildman–Crippen LogP) is 3.46. The summed E-state index contributed by atoms with van der Waals surface area (Å²) in [6.07, 6.45) is 1.63. The number of aromatic nitrogens is 2. The molecule has 1 N–H and O–H groups in total. The van der Waals surface area contributed by atoms with Gasteiger partial charge in [-0.2, -0.15) is 0 Å². The normalized spacial score (nSPS) is 14.5. The van der Waals surface area contributed by atoms with Gasteiger partial charge in [-0.25, -0.2) is 17.8 Å². The van der Waals surface area contributed by atoms with Crippen LogP contribution in [0.2, 0.25) is 0 Å². The quantitative estimate of drug-likeness (QED) is 0.350. The molecule has 0 aliphatic carbocycles. The van der Waals surface area contributed by atoms with Crippen molar-refractivity contribution >= 4 is 27.2 Å². The van der Waals surface area contributed by atoms with E-state index in [4.69, 9.17) is 17.0 Å². The molecule has 2 aromatic carbocycles. The molecule has 4 rings (SSSR count). The molecular weight excluding hydrogens is 537 g/mol. The topological polar surface area (TPSA) is 79.7 Å². The second kappa shape index (κ2) is 13.5. The van der Waals surface area contributed by atoms with Crippen LogP contribution in [-0.4, -0.2) is 78.3 Å². The number of nitrogens with zero attached hydrogens (tertiary/aromatic N) is 4. The Kier molecular flexibility index (Phi) is 10.1. The zero-order chi connectivity index (χ0) is 27.8. The van der Waals surface area contributed by atoms with Crippen molar-refractivity contribution in [1.82, 2.24) is 24.7 Å². The standard InChI is InChI=1S/C28H36FN5O3S2/c1-22(2)31-27(38)33(13-12-32-14-16-37-17-15-32)20-26-18-30-28(34(26)19-23-6-4-3-5-7-23)39(35,36)21-24-8-10-25(29)11-9-24/h3-11,18,22H,12-17,19-21H2,1-2H3,(H,31,38). The third-order valence-corrected chi connectivity index (χ3v) is 8.45. The van der Waals surface area contributed by atoms with Gasteiger partial charge in [0.2, 0.25) is 15.0 Å². The van der Waals surface area contributed by atoms with Gasteiger partial charge in [0, 0.05) is 32.2 Å². The van der Waals surface area contributed by atoms with E-state index in [1.807, 2.05) is 44.2 Å². The molecule has 0 radical (unpaired) electrons. The third-order valence-electron chi connectivity index (χ3n) is 6.48. The Bertz CT molecular complexity index is 1320. The van der Waals surface area contributed by atoms with Gasteiger partial charge in [0.05, 0.1) is 43.9 Å². The number of thiocarbonyl (C=S) groups is 1. The van der Waals surface area contributed by atoms with Gasteiger partial charge < -0.3 is 19.5 Å². The number of hydrogen-bond donors (Lipinski definition) is 1. The molecule has 0 unspecified atom stereocenters. The molecule has 1 aromatic heterocycles. The summed E-state index contributed by atoms with van der Waals surface area (Å²) in [5, 5.41) is 3.93. The molecule has 0 bridgehead atoms. The minimum atomic E-state index is -3.82. The maximum absolute atomic E-state index is 13.6. The lowest BCUT2D eigenvalue weighted by atomic mass is 10.2. The Morgan fingerprint density at radius 2 is 1.79 bits per heavy atom. The highest BCUT2D eigenvalue weighted by molar-refractivity contribution is 7.90. The number of hydrogen-bond acceptors (Lipinski definition) is 6. The Labute approximate surface area is 235 Å². The van der Waals surface area contributed by atoms with E-state index >= 15 is 0 Å². The van der Waals surface area contributed by atoms with Gasteiger partial charge >= 0.3 is 0 Å². The zero-order valence-corrected chi connectivity index (χ0v) is 24.1. The highest BCUT2D eigenvalue weighted by Crippen LogP contribution is 2.21. The Morgan fingerprint density at radius 1 is 1.10 bits per heavy atom. The van der Waals surface area contributed by atoms with Gasteiger partial charge in [0.1, 0.15) is 5.82 Å². The maximum Gasteiger partial charge on any atom is 0.228 e. The van der Waals surface area contributed by atoms with Crippen LogP contribution in [0.5, 0.6) is 0 Å². The number of rotatable bonds is 11. The first-order valence-electron chi connectivity index (χ1n) is 13.1. The summed E-state index contributed by atoms with van der Waals surface area (Å²) in [6.45, 7) is 9.47. The van der Waals surface area contributed by atoms with Crippen molar-refractivity contribution in [1.29, 1.82) is 0 Å². The van der Waals surface area contributed by atoms with E-state index in [2.05, 4.69) is 20.1 Å². The third kappa shape index (κ3) is 8.31. The first kappa shape index (κ1) is 29.1. The second-order valence-electron chi connectivity index (χ2n) is 9.97. The van der Waals surface area contributed by atoms with Crippen LogP contribution in [0, 0.1) is 5.82 Å². The molecule has 1 saturated heterocycles. The first-order chi connectivity index (χ1) is 18.7. The molecule has 0 saturated carbocycles. The van der Waals surface area contributed by atoms with E-state index in [0.717, 1.165) is 30.9 Å². The van der Waals surface area contributed by atoms with Crippen LogP contribution in [0.25, 0.3) is 0 Å². The van der Waals surface area contributed by atoms with Gasteiger partial charge in [-0.05, 0) is 49.3 Å². The Balaban J connectivity index is 1.63. The average Bonchev–Trinajstić information content (AvgIpc) is 3.31. The minimum absolute atomic E-state index is 0.0125. The highest BCUT2D eigenvalue weighted by atomic mass is 32.2. The molecule has 11 heteroatoms. The lowest BCUT2D eigenvalue weighted by Gasteiger charge is -2.32. The molecule has 1 aliphatic heterocycles. The van der Waals surface area contributed by atoms with Crippen molar-refractivity contribution < 1.29 is 17.5 Å². The lowest BCUT2D eigenvalue weighted by Crippen LogP contribution is -2.47. The number of morpholine rings is 1. The molecule has 1 fully saturated rings. The van der Waals surface area contributed by atoms with Crippen LogP contribution in [0.1, 0.15) is 30.7 Å². The lowest BCUT2D eigenvalue weighted by molar-refractivity contribution is 0.0356. The van der Waals surface area contributed by atoms with Crippen molar-refractivity contribution in [2.75, 3.05) is 39.4 Å². The number of imidazole rings is 1. The average molecular weight is 574 g/mol. The van der Waals surface area contributed by atoms with E-state index in [1.165, 1.54) is 24.3 Å². The highest BCUT2D eigenvalue weighted by Gasteiger charge is 2.26. The SMILES string of the molecule is CC(C)NC(=S)N(CCN1CCOCC1)Cc1cnc(S(=O)(=O)Cc2ccc(F)cc2)n1Cc1ccccc1. The molecule has 2 heterocycles. The van der Waals surface area contributed by atoms with Crippen molar-refractivity contribution in [2.45, 2.75) is 43.9 Å². The van der Waals surface area contributed by atoms with Crippen LogP contribution in [-0.2, 0) is 33.4 Å². The van der Waals surface area contributed by atoms with E-state index in [0.29, 0.717) is 43.5 Å². The zero-order valence-electron chi connectivity index (χ0n) is 22.4. The Hall–Kier alpha value is -2.86. The minimum Gasteiger partial charge on any atom is -0.379 e. The largest absolute Gasteiger partial charge is 0.379 e. The molecule has 0 amide bonds. The number of halogens is 1. The van der Waals surface area contributed by atoms with Gasteiger partial charge in [0.25, 0.3) is 0 Å². The number of nitrogens with one attached hydrogen (secondary N) is 1. The van der Waals surface area contributed by atoms with E-state index in [1.54, 1.807) is 10.8 Å². The van der Waals surface area contributed by atoms with E-state index in [-0.39, 0.29) is 17.0 Å². The molecular formula is C28H36FN5O3S2. The van der Waals surface area contributed by atoms with Crippen molar-refractivity contribution in [3.63, 3.8) is 0 Å². The van der Waals surface area contributed by atoms with Crippen molar-refractivity contribution in [3.05, 3.63) is 83.4 Å². The van der Waals surface area contributed by atoms with Crippen molar-refractivity contribution in [3.8, 4) is 0 Å². The number of sulfone groups is 1. The van der Waals surface area contributed by atoms with Crippen LogP contribution in [0.4, 0.5) is 4.39 Å². The summed E-state index contributed by atoms with van der Waals surface area (Å²) in [5.74, 6) is -0.681. The van der Waals surface area contributed by atoms with Crippen LogP contribution < -0.4 is 5.32 Å². The number of ether oxygens (including phenoxy) is 1. The molecule has 210 valence electrons. The molecule has 0 spiro atoms. The van der Waals surface area contributed by atoms with Gasteiger partial charge in [-0.1, -0.05) is 42.5 Å². The summed E-state index contributed by atoms with van der Waals surface area (Å²) in [5.41, 5.74) is 2.20. The summed E-state index contributed by atoms with van der Waals surface area (Å²) < 4.78 is 47.8. The first-order valence-corrected chi connectivity index (χ1v) is 15.2. The number of benzene rings is 2. The molecule has 1 aliphatic rings. The fourth-order valence-corrected chi connectivity index (χ4v) is 6.32. The van der Waals surface area contributed by atoms with Gasteiger partial charge in [-0.3, -0.25) is 4.90 Å². The molecule has 8 nitrogen and oxygen atoms in total. The maximum atomic E-state index is 13.6. The van der Waals surface area contributed by atoms with Crippen molar-refractivity contribution in [2.24, 2.45) is 0 Å². The van der Waals surface area contributed by atoms with E-state index in [9.17, 15) is 12.8 Å². The molecule has 3 aromatic rings. The Morgan fingerprint density at radius 3 is 2.46 bits per heavy atom. The monoisotopic (exact) mass is 573 g/mol. The van der Waals surface area contributed by atoms with Crippen LogP contribution in [0.15, 0.2) is 66.0 Å².